The molecule has 0 aliphatic carbocycles. The van der Waals surface area contributed by atoms with E-state index in [1.165, 1.54) is 41.6 Å². The molecule has 0 atom stereocenters. The summed E-state index contributed by atoms with van der Waals surface area (Å²) >= 11 is 2.96. The Kier molecular flexibility index (Phi) is 6.64. The summed E-state index contributed by atoms with van der Waals surface area (Å²) in [6.07, 6.45) is 1.54. The van der Waals surface area contributed by atoms with Crippen LogP contribution in [0.4, 0.5) is 10.1 Å². The Balaban J connectivity index is 1.24. The van der Waals surface area contributed by atoms with E-state index in [-0.39, 0.29) is 11.7 Å². The number of carbonyl (C=O) groups is 1. The van der Waals surface area contributed by atoms with Crippen LogP contribution in [0.2, 0.25) is 0 Å². The largest absolute Gasteiger partial charge is 0.497 e. The number of methoxy groups -OCH3 is 1. The lowest BCUT2D eigenvalue weighted by atomic mass is 10.1. The minimum Gasteiger partial charge on any atom is -0.497 e. The highest BCUT2D eigenvalue weighted by molar-refractivity contribution is 8.00. The van der Waals surface area contributed by atoms with Gasteiger partial charge in [0.1, 0.15) is 27.8 Å². The number of amides is 1. The van der Waals surface area contributed by atoms with Gasteiger partial charge in [0, 0.05) is 42.8 Å². The van der Waals surface area contributed by atoms with E-state index in [0.29, 0.717) is 18.8 Å². The molecule has 3 heterocycles. The van der Waals surface area contributed by atoms with E-state index >= 15 is 0 Å². The van der Waals surface area contributed by atoms with E-state index in [4.69, 9.17) is 4.74 Å². The van der Waals surface area contributed by atoms with Gasteiger partial charge in [-0.25, -0.2) is 14.4 Å². The van der Waals surface area contributed by atoms with Gasteiger partial charge in [0.15, 0.2) is 0 Å². The van der Waals surface area contributed by atoms with Crippen molar-refractivity contribution in [3.63, 3.8) is 0 Å². The van der Waals surface area contributed by atoms with E-state index in [9.17, 15) is 9.18 Å². The number of carbonyl (C=O) groups excluding carboxylic acids is 1. The van der Waals surface area contributed by atoms with Crippen molar-refractivity contribution in [3.05, 3.63) is 66.1 Å². The lowest BCUT2D eigenvalue weighted by Gasteiger charge is -2.36. The highest BCUT2D eigenvalue weighted by atomic mass is 32.2. The third-order valence-electron chi connectivity index (χ3n) is 5.89. The molecule has 34 heavy (non-hydrogen) atoms. The van der Waals surface area contributed by atoms with Gasteiger partial charge in [0.05, 0.1) is 18.2 Å². The summed E-state index contributed by atoms with van der Waals surface area (Å²) in [7, 11) is 1.66. The second-order valence-electron chi connectivity index (χ2n) is 7.87. The Hall–Kier alpha value is -3.17. The van der Waals surface area contributed by atoms with Crippen molar-refractivity contribution in [3.8, 4) is 16.9 Å². The zero-order valence-corrected chi connectivity index (χ0v) is 20.2. The van der Waals surface area contributed by atoms with Gasteiger partial charge >= 0.3 is 0 Å². The molecule has 1 fully saturated rings. The molecule has 174 valence electrons. The average molecular weight is 495 g/mol. The van der Waals surface area contributed by atoms with Crippen LogP contribution in [0.15, 0.2) is 65.3 Å². The summed E-state index contributed by atoms with van der Waals surface area (Å²) in [6, 6.07) is 14.4. The smallest absolute Gasteiger partial charge is 0.233 e. The fourth-order valence-electron chi connectivity index (χ4n) is 4.03. The van der Waals surface area contributed by atoms with Crippen LogP contribution in [0.1, 0.15) is 0 Å². The first kappa shape index (κ1) is 22.6. The lowest BCUT2D eigenvalue weighted by Crippen LogP contribution is -2.49. The lowest BCUT2D eigenvalue weighted by molar-refractivity contribution is -0.128. The second-order valence-corrected chi connectivity index (χ2v) is 9.69. The molecule has 2 aromatic heterocycles. The molecule has 9 heteroatoms. The van der Waals surface area contributed by atoms with Crippen LogP contribution in [0.5, 0.6) is 5.75 Å². The fourth-order valence-corrected chi connectivity index (χ4v) is 5.92. The molecule has 0 radical (unpaired) electrons. The van der Waals surface area contributed by atoms with Crippen molar-refractivity contribution >= 4 is 44.9 Å². The number of fused-ring (bicyclic) bond motifs is 1. The van der Waals surface area contributed by atoms with Crippen LogP contribution in [0.3, 0.4) is 0 Å². The molecule has 6 nitrogen and oxygen atoms in total. The predicted octanol–water partition coefficient (Wildman–Crippen LogP) is 4.95. The van der Waals surface area contributed by atoms with Gasteiger partial charge in [-0.2, -0.15) is 0 Å². The average Bonchev–Trinajstić information content (AvgIpc) is 3.33. The molecule has 1 aliphatic heterocycles. The van der Waals surface area contributed by atoms with Crippen molar-refractivity contribution < 1.29 is 13.9 Å². The zero-order chi connectivity index (χ0) is 23.5. The summed E-state index contributed by atoms with van der Waals surface area (Å²) in [5.41, 5.74) is 3.00. The number of rotatable bonds is 6. The molecule has 1 saturated heterocycles. The highest BCUT2D eigenvalue weighted by Gasteiger charge is 2.22. The van der Waals surface area contributed by atoms with E-state index < -0.39 is 0 Å². The Morgan fingerprint density at radius 2 is 1.79 bits per heavy atom. The van der Waals surface area contributed by atoms with E-state index in [0.717, 1.165) is 50.9 Å². The van der Waals surface area contributed by atoms with Crippen molar-refractivity contribution in [2.75, 3.05) is 43.9 Å². The minimum atomic E-state index is -0.271. The number of ether oxygens (including phenoxy) is 1. The number of aromatic nitrogens is 2. The highest BCUT2D eigenvalue weighted by Crippen LogP contribution is 2.38. The standard InChI is InChI=1S/C25H23FN4O2S2/c1-32-20-8-6-19(7-9-20)29-10-12-30(13-11-29)22(31)15-34-25-23-21(14-33-24(23)27-16-28-25)17-2-4-18(26)5-3-17/h2-9,14,16H,10-13,15H2,1H3. The molecule has 0 saturated carbocycles. The maximum absolute atomic E-state index is 13.4. The normalized spacial score (nSPS) is 13.9. The maximum Gasteiger partial charge on any atom is 0.233 e. The molecule has 0 spiro atoms. The van der Waals surface area contributed by atoms with Crippen molar-refractivity contribution in [2.45, 2.75) is 5.03 Å². The molecule has 0 bridgehead atoms. The van der Waals surface area contributed by atoms with Crippen LogP contribution in [-0.2, 0) is 4.79 Å². The number of piperazine rings is 1. The zero-order valence-electron chi connectivity index (χ0n) is 18.6. The van der Waals surface area contributed by atoms with Crippen LogP contribution in [0.25, 0.3) is 21.3 Å². The first-order valence-corrected chi connectivity index (χ1v) is 12.8. The number of thioether (sulfide) groups is 1. The molecule has 0 unspecified atom stereocenters. The monoisotopic (exact) mass is 494 g/mol. The summed E-state index contributed by atoms with van der Waals surface area (Å²) in [6.45, 7) is 2.95. The van der Waals surface area contributed by atoms with Gasteiger partial charge < -0.3 is 14.5 Å². The summed E-state index contributed by atoms with van der Waals surface area (Å²) in [5, 5.41) is 3.70. The third-order valence-corrected chi connectivity index (χ3v) is 7.75. The number of benzene rings is 2. The summed E-state index contributed by atoms with van der Waals surface area (Å²) < 4.78 is 18.6. The van der Waals surface area contributed by atoms with Crippen molar-refractivity contribution in [2.24, 2.45) is 0 Å². The number of hydrogen-bond acceptors (Lipinski definition) is 7. The van der Waals surface area contributed by atoms with Gasteiger partial charge in [-0.1, -0.05) is 23.9 Å². The fraction of sp³-hybridized carbons (Fsp3) is 0.240. The Morgan fingerprint density at radius 3 is 2.50 bits per heavy atom. The maximum atomic E-state index is 13.4. The number of halogens is 1. The summed E-state index contributed by atoms with van der Waals surface area (Å²) in [4.78, 5) is 26.9. The topological polar surface area (TPSA) is 58.6 Å². The van der Waals surface area contributed by atoms with Gasteiger partial charge in [-0.05, 0) is 42.0 Å². The van der Waals surface area contributed by atoms with Crippen molar-refractivity contribution in [1.82, 2.24) is 14.9 Å². The van der Waals surface area contributed by atoms with Crippen LogP contribution in [0, 0.1) is 5.82 Å². The second kappa shape index (κ2) is 9.99. The number of nitrogens with zero attached hydrogens (tertiary/aromatic N) is 4. The Labute approximate surface area is 205 Å². The van der Waals surface area contributed by atoms with Gasteiger partial charge in [-0.15, -0.1) is 11.3 Å². The van der Waals surface area contributed by atoms with E-state index in [1.54, 1.807) is 19.2 Å². The van der Waals surface area contributed by atoms with Crippen LogP contribution >= 0.6 is 23.1 Å². The minimum absolute atomic E-state index is 0.102. The Bertz CT molecular complexity index is 1290. The number of anilines is 1. The van der Waals surface area contributed by atoms with E-state index in [2.05, 4.69) is 14.9 Å². The number of hydrogen-bond donors (Lipinski definition) is 0. The van der Waals surface area contributed by atoms with Crippen LogP contribution < -0.4 is 9.64 Å². The van der Waals surface area contributed by atoms with Gasteiger partial charge in [0.2, 0.25) is 5.91 Å². The summed E-state index contributed by atoms with van der Waals surface area (Å²) in [5.74, 6) is 0.978. The molecule has 1 amide bonds. The molecular formula is C25H23FN4O2S2. The molecule has 1 aliphatic rings. The first-order valence-electron chi connectivity index (χ1n) is 10.9. The quantitative estimate of drug-likeness (QED) is 0.279. The van der Waals surface area contributed by atoms with Gasteiger partial charge in [0.25, 0.3) is 0 Å². The number of thiophene rings is 1. The third kappa shape index (κ3) is 4.71. The molecule has 4 aromatic rings. The van der Waals surface area contributed by atoms with Crippen LogP contribution in [-0.4, -0.2) is 59.8 Å². The molecular weight excluding hydrogens is 471 g/mol. The van der Waals surface area contributed by atoms with Crippen molar-refractivity contribution in [1.29, 1.82) is 0 Å². The Morgan fingerprint density at radius 1 is 1.06 bits per heavy atom. The van der Waals surface area contributed by atoms with E-state index in [1.807, 2.05) is 34.5 Å². The predicted molar refractivity (Wildman–Crippen MR) is 135 cm³/mol. The molecule has 5 rings (SSSR count). The molecule has 2 aromatic carbocycles. The SMILES string of the molecule is COc1ccc(N2CCN(C(=O)CSc3ncnc4scc(-c5ccc(F)cc5)c34)CC2)cc1. The van der Waals surface area contributed by atoms with Gasteiger partial charge in [-0.3, -0.25) is 4.79 Å². The first-order chi connectivity index (χ1) is 16.6. The molecule has 0 N–H and O–H groups in total.